The summed E-state index contributed by atoms with van der Waals surface area (Å²) in [5.41, 5.74) is 1.44. The monoisotopic (exact) mass is 279 g/mol. The minimum Gasteiger partial charge on any atom is -0.313 e. The van der Waals surface area contributed by atoms with Gasteiger partial charge in [-0.25, -0.2) is 0 Å². The lowest BCUT2D eigenvalue weighted by atomic mass is 10.2. The van der Waals surface area contributed by atoms with Crippen LogP contribution in [0.25, 0.3) is 10.1 Å². The van der Waals surface area contributed by atoms with Crippen LogP contribution in [0.3, 0.4) is 0 Å². The maximum absolute atomic E-state index is 3.56. The lowest BCUT2D eigenvalue weighted by Gasteiger charge is -2.04. The Kier molecular flexibility index (Phi) is 6.05. The number of nitrogens with one attached hydrogen (secondary N) is 1. The van der Waals surface area contributed by atoms with Crippen molar-refractivity contribution in [2.45, 2.75) is 25.8 Å². The Hall–Kier alpha value is -0.510. The van der Waals surface area contributed by atoms with E-state index in [9.17, 15) is 0 Å². The molecule has 0 aliphatic heterocycles. The van der Waals surface area contributed by atoms with Crippen LogP contribution in [0.15, 0.2) is 29.6 Å². The van der Waals surface area contributed by atoms with E-state index in [1.54, 1.807) is 0 Å². The van der Waals surface area contributed by atoms with Gasteiger partial charge in [-0.1, -0.05) is 24.6 Å². The highest BCUT2D eigenvalue weighted by molar-refractivity contribution is 7.98. The third-order valence-corrected chi connectivity index (χ3v) is 4.79. The average molecular weight is 279 g/mol. The molecule has 1 aromatic carbocycles. The van der Waals surface area contributed by atoms with Crippen molar-refractivity contribution in [2.24, 2.45) is 0 Å². The smallest absolute Gasteiger partial charge is 0.0346 e. The lowest BCUT2D eigenvalue weighted by Crippen LogP contribution is -2.14. The van der Waals surface area contributed by atoms with Gasteiger partial charge in [0.25, 0.3) is 0 Å². The van der Waals surface area contributed by atoms with Crippen LogP contribution in [0.1, 0.15) is 24.8 Å². The van der Waals surface area contributed by atoms with Gasteiger partial charge in [-0.05, 0) is 53.8 Å². The molecule has 3 heteroatoms. The van der Waals surface area contributed by atoms with Crippen molar-refractivity contribution in [2.75, 3.05) is 18.6 Å². The number of hydrogen-bond acceptors (Lipinski definition) is 3. The van der Waals surface area contributed by atoms with Gasteiger partial charge in [0.05, 0.1) is 0 Å². The molecule has 0 saturated carbocycles. The number of rotatable bonds is 8. The highest BCUT2D eigenvalue weighted by atomic mass is 32.2. The molecule has 18 heavy (non-hydrogen) atoms. The molecule has 0 radical (unpaired) electrons. The molecule has 2 rings (SSSR count). The number of thioether (sulfide) groups is 1. The van der Waals surface area contributed by atoms with Gasteiger partial charge in [0.1, 0.15) is 0 Å². The Labute approximate surface area is 118 Å². The van der Waals surface area contributed by atoms with E-state index in [2.05, 4.69) is 41.2 Å². The second-order valence-corrected chi connectivity index (χ2v) is 6.38. The molecule has 1 aromatic heterocycles. The average Bonchev–Trinajstić information content (AvgIpc) is 2.81. The topological polar surface area (TPSA) is 12.0 Å². The molecule has 0 aliphatic rings. The van der Waals surface area contributed by atoms with Crippen molar-refractivity contribution in [1.29, 1.82) is 0 Å². The second kappa shape index (κ2) is 7.82. The minimum absolute atomic E-state index is 1.01. The van der Waals surface area contributed by atoms with Gasteiger partial charge in [-0.2, -0.15) is 11.8 Å². The van der Waals surface area contributed by atoms with Gasteiger partial charge >= 0.3 is 0 Å². The molecule has 98 valence electrons. The Bertz CT molecular complexity index is 464. The third-order valence-electron chi connectivity index (χ3n) is 3.08. The van der Waals surface area contributed by atoms with Crippen molar-refractivity contribution in [3.63, 3.8) is 0 Å². The van der Waals surface area contributed by atoms with E-state index in [-0.39, 0.29) is 0 Å². The SMILES string of the molecule is CSCCCCCNCc1csc2ccccc12. The molecular weight excluding hydrogens is 258 g/mol. The van der Waals surface area contributed by atoms with E-state index in [0.717, 1.165) is 13.1 Å². The number of fused-ring (bicyclic) bond motifs is 1. The van der Waals surface area contributed by atoms with Gasteiger partial charge in [0.2, 0.25) is 0 Å². The van der Waals surface area contributed by atoms with Crippen molar-refractivity contribution < 1.29 is 0 Å². The lowest BCUT2D eigenvalue weighted by molar-refractivity contribution is 0.620. The first-order valence-electron chi connectivity index (χ1n) is 6.56. The highest BCUT2D eigenvalue weighted by Gasteiger charge is 2.01. The first-order chi connectivity index (χ1) is 8.92. The predicted molar refractivity (Wildman–Crippen MR) is 85.8 cm³/mol. The quantitative estimate of drug-likeness (QED) is 0.713. The predicted octanol–water partition coefficient (Wildman–Crippen LogP) is 4.52. The molecule has 0 amide bonds. The first kappa shape index (κ1) is 13.9. The van der Waals surface area contributed by atoms with E-state index in [1.165, 1.54) is 40.7 Å². The summed E-state index contributed by atoms with van der Waals surface area (Å²) >= 11 is 3.79. The Morgan fingerprint density at radius 2 is 2.06 bits per heavy atom. The maximum atomic E-state index is 3.56. The van der Waals surface area contributed by atoms with E-state index in [0.29, 0.717) is 0 Å². The Morgan fingerprint density at radius 3 is 2.94 bits per heavy atom. The summed E-state index contributed by atoms with van der Waals surface area (Å²) in [7, 11) is 0. The van der Waals surface area contributed by atoms with Crippen LogP contribution in [0.5, 0.6) is 0 Å². The van der Waals surface area contributed by atoms with Crippen LogP contribution in [-0.2, 0) is 6.54 Å². The van der Waals surface area contributed by atoms with Gasteiger partial charge in [0.15, 0.2) is 0 Å². The fourth-order valence-corrected chi connectivity index (χ4v) is 3.52. The van der Waals surface area contributed by atoms with E-state index in [1.807, 2.05) is 23.1 Å². The summed E-state index contributed by atoms with van der Waals surface area (Å²) in [4.78, 5) is 0. The summed E-state index contributed by atoms with van der Waals surface area (Å²) in [6.07, 6.45) is 6.17. The van der Waals surface area contributed by atoms with Crippen molar-refractivity contribution in [3.8, 4) is 0 Å². The molecule has 0 saturated heterocycles. The van der Waals surface area contributed by atoms with Gasteiger partial charge in [0, 0.05) is 11.2 Å². The second-order valence-electron chi connectivity index (χ2n) is 4.49. The van der Waals surface area contributed by atoms with Crippen LogP contribution in [0.4, 0.5) is 0 Å². The molecule has 1 N–H and O–H groups in total. The zero-order valence-corrected chi connectivity index (χ0v) is 12.6. The largest absolute Gasteiger partial charge is 0.313 e. The zero-order valence-electron chi connectivity index (χ0n) is 10.9. The molecule has 0 aliphatic carbocycles. The van der Waals surface area contributed by atoms with E-state index in [4.69, 9.17) is 0 Å². The summed E-state index contributed by atoms with van der Waals surface area (Å²) in [5.74, 6) is 1.30. The molecule has 0 fully saturated rings. The van der Waals surface area contributed by atoms with Crippen molar-refractivity contribution in [1.82, 2.24) is 5.32 Å². The Morgan fingerprint density at radius 1 is 1.17 bits per heavy atom. The summed E-state index contributed by atoms with van der Waals surface area (Å²) in [5, 5.41) is 7.25. The number of hydrogen-bond donors (Lipinski definition) is 1. The summed E-state index contributed by atoms with van der Waals surface area (Å²) < 4.78 is 1.40. The number of unbranched alkanes of at least 4 members (excludes halogenated alkanes) is 2. The zero-order chi connectivity index (χ0) is 12.6. The van der Waals surface area contributed by atoms with Crippen molar-refractivity contribution in [3.05, 3.63) is 35.2 Å². The summed E-state index contributed by atoms with van der Waals surface area (Å²) in [6.45, 7) is 2.14. The van der Waals surface area contributed by atoms with Crippen LogP contribution in [0.2, 0.25) is 0 Å². The van der Waals surface area contributed by atoms with Crippen molar-refractivity contribution >= 4 is 33.2 Å². The molecule has 2 aromatic rings. The standard InChI is InChI=1S/C15H21NS2/c1-17-10-6-2-5-9-16-11-13-12-18-15-8-4-3-7-14(13)15/h3-4,7-8,12,16H,2,5-6,9-11H2,1H3. The molecule has 1 nitrogen and oxygen atoms in total. The van der Waals surface area contributed by atoms with E-state index >= 15 is 0 Å². The molecular formula is C15H21NS2. The maximum Gasteiger partial charge on any atom is 0.0346 e. The molecule has 0 bridgehead atoms. The number of thiophene rings is 1. The van der Waals surface area contributed by atoms with Gasteiger partial charge in [-0.3, -0.25) is 0 Å². The summed E-state index contributed by atoms with van der Waals surface area (Å²) in [6, 6.07) is 8.66. The normalized spacial score (nSPS) is 11.2. The third kappa shape index (κ3) is 4.01. The van der Waals surface area contributed by atoms with Gasteiger partial charge < -0.3 is 5.32 Å². The highest BCUT2D eigenvalue weighted by Crippen LogP contribution is 2.25. The fraction of sp³-hybridized carbons (Fsp3) is 0.467. The number of benzene rings is 1. The molecule has 1 heterocycles. The van der Waals surface area contributed by atoms with Crippen LogP contribution in [0, 0.1) is 0 Å². The first-order valence-corrected chi connectivity index (χ1v) is 8.84. The molecule has 0 spiro atoms. The fourth-order valence-electron chi connectivity index (χ4n) is 2.07. The van der Waals surface area contributed by atoms with Crippen LogP contribution >= 0.6 is 23.1 Å². The Balaban J connectivity index is 1.70. The van der Waals surface area contributed by atoms with Gasteiger partial charge in [-0.15, -0.1) is 11.3 Å². The molecule has 0 atom stereocenters. The van der Waals surface area contributed by atoms with Crippen LogP contribution < -0.4 is 5.32 Å². The molecule has 0 unspecified atom stereocenters. The van der Waals surface area contributed by atoms with E-state index < -0.39 is 0 Å². The minimum atomic E-state index is 1.01. The van der Waals surface area contributed by atoms with Crippen LogP contribution in [-0.4, -0.2) is 18.6 Å².